The summed E-state index contributed by atoms with van der Waals surface area (Å²) in [5.74, 6) is 1.06. The fourth-order valence-corrected chi connectivity index (χ4v) is 3.22. The molecule has 0 aliphatic rings. The van der Waals surface area contributed by atoms with E-state index in [4.69, 9.17) is 4.42 Å². The molecule has 0 bridgehead atoms. The zero-order valence-electron chi connectivity index (χ0n) is 15.4. The van der Waals surface area contributed by atoms with Crippen LogP contribution in [0.3, 0.4) is 0 Å². The van der Waals surface area contributed by atoms with Gasteiger partial charge < -0.3 is 9.73 Å². The molecule has 0 unspecified atom stereocenters. The minimum absolute atomic E-state index is 0.119. The second-order valence-corrected chi connectivity index (χ2v) is 7.30. The molecule has 0 atom stereocenters. The number of carbonyl (C=O) groups excluding carboxylic acids is 1. The summed E-state index contributed by atoms with van der Waals surface area (Å²) >= 11 is 3.41. The number of nitrogens with zero attached hydrogens (tertiary/aromatic N) is 1. The minimum atomic E-state index is -0.242. The van der Waals surface area contributed by atoms with Gasteiger partial charge in [0.05, 0.1) is 12.8 Å². The number of hydrogen-bond acceptors (Lipinski definition) is 4. The van der Waals surface area contributed by atoms with Crippen LogP contribution < -0.4 is 10.7 Å². The van der Waals surface area contributed by atoms with Crippen LogP contribution >= 0.6 is 15.9 Å². The van der Waals surface area contributed by atoms with E-state index in [1.807, 2.05) is 72.8 Å². The summed E-state index contributed by atoms with van der Waals surface area (Å²) in [4.78, 5) is 12.1. The number of anilines is 1. The van der Waals surface area contributed by atoms with Crippen LogP contribution in [0.1, 0.15) is 5.76 Å². The number of benzene rings is 3. The van der Waals surface area contributed by atoms with Crippen LogP contribution in [0.15, 0.2) is 92.9 Å². The molecule has 144 valence electrons. The fourth-order valence-electron chi connectivity index (χ4n) is 2.95. The summed E-state index contributed by atoms with van der Waals surface area (Å²) < 4.78 is 6.75. The average Bonchev–Trinajstić information content (AvgIpc) is 3.21. The summed E-state index contributed by atoms with van der Waals surface area (Å²) in [6.45, 7) is 0.119. The average molecular weight is 448 g/mol. The number of amides is 1. The topological polar surface area (TPSA) is 66.6 Å². The van der Waals surface area contributed by atoms with Crippen molar-refractivity contribution in [1.29, 1.82) is 0 Å². The predicted molar refractivity (Wildman–Crippen MR) is 120 cm³/mol. The van der Waals surface area contributed by atoms with Gasteiger partial charge in [-0.3, -0.25) is 4.79 Å². The van der Waals surface area contributed by atoms with Crippen LogP contribution in [0.5, 0.6) is 0 Å². The summed E-state index contributed by atoms with van der Waals surface area (Å²) in [7, 11) is 0. The van der Waals surface area contributed by atoms with E-state index < -0.39 is 0 Å². The van der Waals surface area contributed by atoms with Crippen molar-refractivity contribution in [3.8, 4) is 11.3 Å². The monoisotopic (exact) mass is 447 g/mol. The highest BCUT2D eigenvalue weighted by molar-refractivity contribution is 9.10. The van der Waals surface area contributed by atoms with Gasteiger partial charge in [-0.15, -0.1) is 0 Å². The smallest absolute Gasteiger partial charge is 0.259 e. The van der Waals surface area contributed by atoms with Gasteiger partial charge in [-0.1, -0.05) is 64.5 Å². The summed E-state index contributed by atoms with van der Waals surface area (Å²) in [5, 5.41) is 9.32. The lowest BCUT2D eigenvalue weighted by molar-refractivity contribution is -0.119. The molecule has 4 rings (SSSR count). The standard InChI is InChI=1S/C23H18BrN3O2/c24-18-10-8-17(9-11-18)22-13-12-19(29-22)14-26-27-23(28)15-25-21-7-3-5-16-4-1-2-6-20(16)21/h1-14,25H,15H2,(H,27,28). The molecule has 0 aliphatic heterocycles. The maximum Gasteiger partial charge on any atom is 0.259 e. The molecular weight excluding hydrogens is 430 g/mol. The number of nitrogens with one attached hydrogen (secondary N) is 2. The van der Waals surface area contributed by atoms with Gasteiger partial charge in [0.15, 0.2) is 0 Å². The minimum Gasteiger partial charge on any atom is -0.455 e. The SMILES string of the molecule is O=C(CNc1cccc2ccccc12)NN=Cc1ccc(-c2ccc(Br)cc2)o1. The predicted octanol–water partition coefficient (Wildman–Crippen LogP) is 5.42. The molecule has 0 radical (unpaired) electrons. The molecule has 0 aliphatic carbocycles. The van der Waals surface area contributed by atoms with Crippen LogP contribution in [0, 0.1) is 0 Å². The number of hydrogen-bond donors (Lipinski definition) is 2. The first-order valence-electron chi connectivity index (χ1n) is 9.08. The molecule has 29 heavy (non-hydrogen) atoms. The highest BCUT2D eigenvalue weighted by Crippen LogP contribution is 2.24. The van der Waals surface area contributed by atoms with Crippen molar-refractivity contribution in [1.82, 2.24) is 5.43 Å². The largest absolute Gasteiger partial charge is 0.455 e. The summed E-state index contributed by atoms with van der Waals surface area (Å²) in [6, 6.07) is 25.5. The van der Waals surface area contributed by atoms with Crippen molar-refractivity contribution in [3.05, 3.63) is 89.1 Å². The van der Waals surface area contributed by atoms with Crippen molar-refractivity contribution in [2.45, 2.75) is 0 Å². The van der Waals surface area contributed by atoms with E-state index in [1.54, 1.807) is 6.07 Å². The number of fused-ring (bicyclic) bond motifs is 1. The molecule has 1 amide bonds. The van der Waals surface area contributed by atoms with E-state index in [1.165, 1.54) is 6.21 Å². The molecule has 5 nitrogen and oxygen atoms in total. The highest BCUT2D eigenvalue weighted by Gasteiger charge is 2.05. The van der Waals surface area contributed by atoms with E-state index in [-0.39, 0.29) is 12.5 Å². The van der Waals surface area contributed by atoms with E-state index >= 15 is 0 Å². The second kappa shape index (κ2) is 8.75. The lowest BCUT2D eigenvalue weighted by atomic mass is 10.1. The maximum atomic E-state index is 12.1. The first-order chi connectivity index (χ1) is 14.2. The molecule has 0 spiro atoms. The molecule has 3 aromatic carbocycles. The third kappa shape index (κ3) is 4.73. The quantitative estimate of drug-likeness (QED) is 0.306. The first kappa shape index (κ1) is 19.0. The van der Waals surface area contributed by atoms with Crippen LogP contribution in [0.25, 0.3) is 22.1 Å². The second-order valence-electron chi connectivity index (χ2n) is 6.38. The van der Waals surface area contributed by atoms with Gasteiger partial charge in [0.2, 0.25) is 0 Å². The molecule has 0 fully saturated rings. The van der Waals surface area contributed by atoms with Gasteiger partial charge in [-0.05, 0) is 35.7 Å². The Morgan fingerprint density at radius 1 is 0.966 bits per heavy atom. The Bertz CT molecular complexity index is 1160. The molecule has 0 saturated carbocycles. The zero-order chi connectivity index (χ0) is 20.1. The Kier molecular flexibility index (Phi) is 5.72. The maximum absolute atomic E-state index is 12.1. The number of rotatable bonds is 6. The van der Waals surface area contributed by atoms with Crippen molar-refractivity contribution in [2.75, 3.05) is 11.9 Å². The van der Waals surface area contributed by atoms with Crippen LogP contribution in [0.2, 0.25) is 0 Å². The lowest BCUT2D eigenvalue weighted by Gasteiger charge is -2.08. The van der Waals surface area contributed by atoms with E-state index in [2.05, 4.69) is 31.8 Å². The number of halogens is 1. The van der Waals surface area contributed by atoms with E-state index in [0.29, 0.717) is 5.76 Å². The van der Waals surface area contributed by atoms with Gasteiger partial charge in [0.1, 0.15) is 11.5 Å². The van der Waals surface area contributed by atoms with Crippen molar-refractivity contribution < 1.29 is 9.21 Å². The van der Waals surface area contributed by atoms with E-state index in [9.17, 15) is 4.79 Å². The van der Waals surface area contributed by atoms with Gasteiger partial charge in [-0.25, -0.2) is 5.43 Å². The molecule has 1 aromatic heterocycles. The Morgan fingerprint density at radius 2 is 1.76 bits per heavy atom. The normalized spacial score (nSPS) is 11.1. The van der Waals surface area contributed by atoms with Crippen LogP contribution in [-0.2, 0) is 4.79 Å². The van der Waals surface area contributed by atoms with Gasteiger partial charge in [0.25, 0.3) is 5.91 Å². The van der Waals surface area contributed by atoms with E-state index in [0.717, 1.165) is 32.3 Å². The molecular formula is C23H18BrN3O2. The van der Waals surface area contributed by atoms with Crippen molar-refractivity contribution in [3.63, 3.8) is 0 Å². The van der Waals surface area contributed by atoms with Crippen molar-refractivity contribution >= 4 is 44.5 Å². The summed E-state index contributed by atoms with van der Waals surface area (Å²) in [5.41, 5.74) is 4.39. The number of carbonyl (C=O) groups is 1. The lowest BCUT2D eigenvalue weighted by Crippen LogP contribution is -2.25. The zero-order valence-corrected chi connectivity index (χ0v) is 17.0. The third-order valence-corrected chi connectivity index (χ3v) is 4.89. The Morgan fingerprint density at radius 3 is 2.62 bits per heavy atom. The Hall–Kier alpha value is -3.38. The van der Waals surface area contributed by atoms with Gasteiger partial charge in [0, 0.05) is 21.1 Å². The Labute approximate surface area is 176 Å². The molecule has 1 heterocycles. The first-order valence-corrected chi connectivity index (χ1v) is 9.88. The molecule has 4 aromatic rings. The Balaban J connectivity index is 1.32. The third-order valence-electron chi connectivity index (χ3n) is 4.37. The number of hydrazone groups is 1. The fraction of sp³-hybridized carbons (Fsp3) is 0.0435. The highest BCUT2D eigenvalue weighted by atomic mass is 79.9. The van der Waals surface area contributed by atoms with Crippen LogP contribution in [0.4, 0.5) is 5.69 Å². The van der Waals surface area contributed by atoms with Crippen molar-refractivity contribution in [2.24, 2.45) is 5.10 Å². The van der Waals surface area contributed by atoms with Gasteiger partial charge in [-0.2, -0.15) is 5.10 Å². The van der Waals surface area contributed by atoms with Gasteiger partial charge >= 0.3 is 0 Å². The number of furan rings is 1. The summed E-state index contributed by atoms with van der Waals surface area (Å²) in [6.07, 6.45) is 1.48. The molecule has 6 heteroatoms. The molecule has 0 saturated heterocycles. The molecule has 2 N–H and O–H groups in total. The van der Waals surface area contributed by atoms with Crippen LogP contribution in [-0.4, -0.2) is 18.7 Å².